The van der Waals surface area contributed by atoms with E-state index in [1.165, 1.54) is 20.0 Å². The lowest BCUT2D eigenvalue weighted by atomic mass is 9.71. The lowest BCUT2D eigenvalue weighted by Crippen LogP contribution is -2.41. The highest BCUT2D eigenvalue weighted by atomic mass is 16.6. The minimum absolute atomic E-state index is 0.0738. The average molecular weight is 242 g/mol. The van der Waals surface area contributed by atoms with Crippen LogP contribution in [0.25, 0.3) is 0 Å². The van der Waals surface area contributed by atoms with Gasteiger partial charge in [-0.2, -0.15) is 0 Å². The van der Waals surface area contributed by atoms with Crippen LogP contribution in [0.4, 0.5) is 0 Å². The van der Waals surface area contributed by atoms with E-state index >= 15 is 0 Å². The number of rotatable bonds is 4. The van der Waals surface area contributed by atoms with Crippen LogP contribution < -0.4 is 0 Å². The van der Waals surface area contributed by atoms with E-state index in [4.69, 9.17) is 14.2 Å². The molecule has 1 aliphatic carbocycles. The molecule has 4 heteroatoms. The summed E-state index contributed by atoms with van der Waals surface area (Å²) in [6, 6.07) is 0. The second kappa shape index (κ2) is 4.94. The molecule has 1 heterocycles. The number of methoxy groups -OCH3 is 2. The van der Waals surface area contributed by atoms with Gasteiger partial charge in [0, 0.05) is 13.0 Å². The summed E-state index contributed by atoms with van der Waals surface area (Å²) in [6.45, 7) is 2.52. The zero-order valence-corrected chi connectivity index (χ0v) is 10.9. The van der Waals surface area contributed by atoms with Crippen molar-refractivity contribution in [1.82, 2.24) is 0 Å². The van der Waals surface area contributed by atoms with Gasteiger partial charge in [0.25, 0.3) is 0 Å². The normalized spacial score (nSPS) is 37.8. The molecular formula is C13H22O4. The van der Waals surface area contributed by atoms with E-state index in [1.807, 2.05) is 0 Å². The lowest BCUT2D eigenvalue weighted by Gasteiger charge is -2.34. The van der Waals surface area contributed by atoms with Gasteiger partial charge in [-0.3, -0.25) is 4.79 Å². The SMILES string of the molecule is COCC(C(=O)OC)C1CCCCC12OC2C. The maximum Gasteiger partial charge on any atom is 0.311 e. The molecule has 4 unspecified atom stereocenters. The lowest BCUT2D eigenvalue weighted by molar-refractivity contribution is -0.151. The Morgan fingerprint density at radius 2 is 2.18 bits per heavy atom. The highest BCUT2D eigenvalue weighted by Gasteiger charge is 2.61. The Hall–Kier alpha value is -0.610. The minimum atomic E-state index is -0.185. The molecule has 1 saturated heterocycles. The molecule has 0 bridgehead atoms. The van der Waals surface area contributed by atoms with Crippen LogP contribution in [-0.4, -0.2) is 38.5 Å². The molecule has 98 valence electrons. The van der Waals surface area contributed by atoms with Crippen LogP contribution in [0.2, 0.25) is 0 Å². The van der Waals surface area contributed by atoms with Gasteiger partial charge >= 0.3 is 5.97 Å². The molecule has 4 nitrogen and oxygen atoms in total. The molecular weight excluding hydrogens is 220 g/mol. The summed E-state index contributed by atoms with van der Waals surface area (Å²) in [5.41, 5.74) is -0.0738. The standard InChI is InChI=1S/C13H22O4/c1-9-13(17-9)7-5-4-6-11(13)10(8-15-2)12(14)16-3/h9-11H,4-8H2,1-3H3. The van der Waals surface area contributed by atoms with E-state index in [2.05, 4.69) is 6.92 Å². The summed E-state index contributed by atoms with van der Waals surface area (Å²) in [7, 11) is 3.07. The summed E-state index contributed by atoms with van der Waals surface area (Å²) in [5, 5.41) is 0. The highest BCUT2D eigenvalue weighted by Crippen LogP contribution is 2.54. The minimum Gasteiger partial charge on any atom is -0.469 e. The fourth-order valence-corrected chi connectivity index (χ4v) is 3.36. The third-order valence-corrected chi connectivity index (χ3v) is 4.32. The first-order chi connectivity index (χ1) is 8.15. The molecule has 1 saturated carbocycles. The van der Waals surface area contributed by atoms with Gasteiger partial charge in [-0.15, -0.1) is 0 Å². The molecule has 0 radical (unpaired) electrons. The topological polar surface area (TPSA) is 48.1 Å². The Balaban J connectivity index is 2.13. The highest BCUT2D eigenvalue weighted by molar-refractivity contribution is 5.73. The second-order valence-corrected chi connectivity index (χ2v) is 5.15. The number of carbonyl (C=O) groups excluding carboxylic acids is 1. The van der Waals surface area contributed by atoms with Crippen LogP contribution in [0.5, 0.6) is 0 Å². The second-order valence-electron chi connectivity index (χ2n) is 5.15. The van der Waals surface area contributed by atoms with Gasteiger partial charge in [0.1, 0.15) is 0 Å². The monoisotopic (exact) mass is 242 g/mol. The summed E-state index contributed by atoms with van der Waals surface area (Å²) in [6.07, 6.45) is 4.74. The van der Waals surface area contributed by atoms with Crippen molar-refractivity contribution in [3.8, 4) is 0 Å². The van der Waals surface area contributed by atoms with E-state index in [0.29, 0.717) is 6.61 Å². The number of esters is 1. The largest absolute Gasteiger partial charge is 0.469 e. The number of carbonyl (C=O) groups is 1. The fraction of sp³-hybridized carbons (Fsp3) is 0.923. The van der Waals surface area contributed by atoms with Crippen LogP contribution in [0.1, 0.15) is 32.6 Å². The number of hydrogen-bond acceptors (Lipinski definition) is 4. The number of hydrogen-bond donors (Lipinski definition) is 0. The van der Waals surface area contributed by atoms with Gasteiger partial charge in [-0.05, 0) is 19.8 Å². The third kappa shape index (κ3) is 2.20. The van der Waals surface area contributed by atoms with Crippen LogP contribution >= 0.6 is 0 Å². The smallest absolute Gasteiger partial charge is 0.311 e. The molecule has 0 amide bonds. The molecule has 4 atom stereocenters. The summed E-state index contributed by atoms with van der Waals surface area (Å²) >= 11 is 0. The van der Waals surface area contributed by atoms with E-state index < -0.39 is 0 Å². The molecule has 0 N–H and O–H groups in total. The molecule has 0 aromatic rings. The van der Waals surface area contributed by atoms with Crippen LogP contribution in [0.3, 0.4) is 0 Å². The van der Waals surface area contributed by atoms with Crippen LogP contribution in [0, 0.1) is 11.8 Å². The van der Waals surface area contributed by atoms with E-state index in [0.717, 1.165) is 12.8 Å². The average Bonchev–Trinajstić information content (AvgIpc) is 2.97. The predicted molar refractivity (Wildman–Crippen MR) is 62.6 cm³/mol. The van der Waals surface area contributed by atoms with Crippen molar-refractivity contribution in [3.05, 3.63) is 0 Å². The van der Waals surface area contributed by atoms with Gasteiger partial charge in [-0.1, -0.05) is 12.8 Å². The van der Waals surface area contributed by atoms with E-state index in [1.54, 1.807) is 7.11 Å². The van der Waals surface area contributed by atoms with Crippen LogP contribution in [-0.2, 0) is 19.0 Å². The summed E-state index contributed by atoms with van der Waals surface area (Å²) in [5.74, 6) is -0.102. The maximum atomic E-state index is 11.9. The van der Waals surface area contributed by atoms with E-state index in [-0.39, 0.29) is 29.5 Å². The predicted octanol–water partition coefficient (Wildman–Crippen LogP) is 1.77. The molecule has 1 aliphatic heterocycles. The van der Waals surface area contributed by atoms with Crippen LogP contribution in [0.15, 0.2) is 0 Å². The first kappa shape index (κ1) is 12.8. The van der Waals surface area contributed by atoms with Crippen molar-refractivity contribution in [1.29, 1.82) is 0 Å². The van der Waals surface area contributed by atoms with Crippen molar-refractivity contribution in [2.45, 2.75) is 44.3 Å². The quantitative estimate of drug-likeness (QED) is 0.557. The molecule has 0 aromatic heterocycles. The molecule has 2 fully saturated rings. The maximum absolute atomic E-state index is 11.9. The van der Waals surface area contributed by atoms with Gasteiger partial charge in [-0.25, -0.2) is 0 Å². The van der Waals surface area contributed by atoms with Crippen molar-refractivity contribution in [2.75, 3.05) is 20.8 Å². The molecule has 0 aromatic carbocycles. The fourth-order valence-electron chi connectivity index (χ4n) is 3.36. The third-order valence-electron chi connectivity index (χ3n) is 4.32. The van der Waals surface area contributed by atoms with Gasteiger partial charge in [0.05, 0.1) is 31.3 Å². The molecule has 1 spiro atoms. The van der Waals surface area contributed by atoms with Crippen molar-refractivity contribution in [2.24, 2.45) is 11.8 Å². The van der Waals surface area contributed by atoms with E-state index in [9.17, 15) is 4.79 Å². The first-order valence-corrected chi connectivity index (χ1v) is 6.40. The Labute approximate surface area is 103 Å². The molecule has 2 rings (SSSR count). The van der Waals surface area contributed by atoms with Crippen molar-refractivity contribution >= 4 is 5.97 Å². The Kier molecular flexibility index (Phi) is 3.73. The number of ether oxygens (including phenoxy) is 3. The van der Waals surface area contributed by atoms with Gasteiger partial charge < -0.3 is 14.2 Å². The van der Waals surface area contributed by atoms with Crippen molar-refractivity contribution < 1.29 is 19.0 Å². The molecule has 17 heavy (non-hydrogen) atoms. The van der Waals surface area contributed by atoms with Gasteiger partial charge in [0.2, 0.25) is 0 Å². The first-order valence-electron chi connectivity index (χ1n) is 6.40. The van der Waals surface area contributed by atoms with Crippen molar-refractivity contribution in [3.63, 3.8) is 0 Å². The zero-order chi connectivity index (χ0) is 12.5. The Morgan fingerprint density at radius 3 is 2.71 bits per heavy atom. The Morgan fingerprint density at radius 1 is 1.47 bits per heavy atom. The zero-order valence-electron chi connectivity index (χ0n) is 10.9. The number of epoxide rings is 1. The summed E-state index contributed by atoms with van der Waals surface area (Å²) < 4.78 is 15.9. The Bertz CT molecular complexity index is 291. The van der Waals surface area contributed by atoms with Gasteiger partial charge in [0.15, 0.2) is 0 Å². The molecule has 2 aliphatic rings. The summed E-state index contributed by atoms with van der Waals surface area (Å²) in [4.78, 5) is 11.9.